The minimum absolute atomic E-state index is 0.148. The van der Waals surface area contributed by atoms with Crippen LogP contribution in [0, 0.1) is 0 Å². The highest BCUT2D eigenvalue weighted by atomic mass is 19.4. The molecular weight excluding hydrogens is 293 g/mol. The highest BCUT2D eigenvalue weighted by Gasteiger charge is 2.33. The van der Waals surface area contributed by atoms with E-state index in [9.17, 15) is 18.0 Å². The quantitative estimate of drug-likeness (QED) is 0.675. The Kier molecular flexibility index (Phi) is 3.36. The lowest BCUT2D eigenvalue weighted by atomic mass is 10.0. The van der Waals surface area contributed by atoms with Gasteiger partial charge in [-0.1, -0.05) is 18.2 Å². The zero-order valence-corrected chi connectivity index (χ0v) is 11.1. The Labute approximate surface area is 123 Å². The molecule has 0 N–H and O–H groups in total. The van der Waals surface area contributed by atoms with E-state index in [-0.39, 0.29) is 22.2 Å². The van der Waals surface area contributed by atoms with Gasteiger partial charge >= 0.3 is 6.18 Å². The molecule has 110 valence electrons. The Balaban J connectivity index is 2.23. The Bertz CT molecular complexity index is 845. The molecule has 2 heterocycles. The van der Waals surface area contributed by atoms with Crippen molar-refractivity contribution in [2.45, 2.75) is 6.18 Å². The molecule has 0 bridgehead atoms. The summed E-state index contributed by atoms with van der Waals surface area (Å²) in [4.78, 5) is 20.2. The maximum absolute atomic E-state index is 13.0. The number of halogens is 3. The number of aromatic nitrogens is 2. The molecule has 6 heteroatoms. The lowest BCUT2D eigenvalue weighted by molar-refractivity contribution is -0.136. The molecule has 0 saturated carbocycles. The first-order valence-corrected chi connectivity index (χ1v) is 6.39. The normalized spacial score (nSPS) is 11.6. The fourth-order valence-corrected chi connectivity index (χ4v) is 2.24. The van der Waals surface area contributed by atoms with Gasteiger partial charge in [0.05, 0.1) is 11.1 Å². The van der Waals surface area contributed by atoms with Gasteiger partial charge in [-0.3, -0.25) is 14.8 Å². The van der Waals surface area contributed by atoms with E-state index in [4.69, 9.17) is 0 Å². The summed E-state index contributed by atoms with van der Waals surface area (Å²) in [6.07, 6.45) is -1.87. The monoisotopic (exact) mass is 302 g/mol. The van der Waals surface area contributed by atoms with E-state index < -0.39 is 17.5 Å². The molecule has 0 amide bonds. The third-order valence-electron chi connectivity index (χ3n) is 3.22. The van der Waals surface area contributed by atoms with E-state index in [2.05, 4.69) is 9.97 Å². The second-order valence-corrected chi connectivity index (χ2v) is 4.60. The summed E-state index contributed by atoms with van der Waals surface area (Å²) in [6.45, 7) is 0. The molecule has 0 radical (unpaired) electrons. The van der Waals surface area contributed by atoms with Gasteiger partial charge in [0.2, 0.25) is 5.78 Å². The number of hydrogen-bond donors (Lipinski definition) is 0. The van der Waals surface area contributed by atoms with Gasteiger partial charge in [-0.15, -0.1) is 0 Å². The molecule has 0 aliphatic heterocycles. The van der Waals surface area contributed by atoms with E-state index >= 15 is 0 Å². The van der Waals surface area contributed by atoms with Crippen LogP contribution in [0.2, 0.25) is 0 Å². The van der Waals surface area contributed by atoms with Gasteiger partial charge in [0, 0.05) is 23.3 Å². The van der Waals surface area contributed by atoms with Gasteiger partial charge in [-0.05, 0) is 24.3 Å². The molecule has 3 aromatic rings. The van der Waals surface area contributed by atoms with Gasteiger partial charge < -0.3 is 0 Å². The average Bonchev–Trinajstić information content (AvgIpc) is 2.53. The van der Waals surface area contributed by atoms with Crippen molar-refractivity contribution >= 4 is 16.7 Å². The first-order valence-electron chi connectivity index (χ1n) is 6.39. The highest BCUT2D eigenvalue weighted by Crippen LogP contribution is 2.34. The van der Waals surface area contributed by atoms with Crippen LogP contribution < -0.4 is 0 Å². The Morgan fingerprint density at radius 2 is 1.73 bits per heavy atom. The predicted octanol–water partition coefficient (Wildman–Crippen LogP) is 3.88. The van der Waals surface area contributed by atoms with Crippen molar-refractivity contribution in [2.75, 3.05) is 0 Å². The second kappa shape index (κ2) is 5.22. The van der Waals surface area contributed by atoms with Crippen molar-refractivity contribution < 1.29 is 18.0 Å². The smallest absolute Gasteiger partial charge is 0.287 e. The lowest BCUT2D eigenvalue weighted by Gasteiger charge is -2.11. The molecule has 3 rings (SSSR count). The van der Waals surface area contributed by atoms with Crippen LogP contribution in [0.5, 0.6) is 0 Å². The predicted molar refractivity (Wildman–Crippen MR) is 74.4 cm³/mol. The Morgan fingerprint density at radius 1 is 0.909 bits per heavy atom. The summed E-state index contributed by atoms with van der Waals surface area (Å²) in [5.41, 5.74) is -0.778. The number of benzene rings is 1. The standard InChI is InChI=1S/C16H9F3N2O/c17-16(18,19)12-5-3-4-10-11(7-9-21-14(10)12)15(22)13-6-1-2-8-20-13/h1-9H. The molecule has 2 aromatic heterocycles. The summed E-state index contributed by atoms with van der Waals surface area (Å²) in [7, 11) is 0. The number of pyridine rings is 2. The molecule has 1 aromatic carbocycles. The first-order chi connectivity index (χ1) is 10.5. The lowest BCUT2D eigenvalue weighted by Crippen LogP contribution is -2.09. The molecule has 0 fully saturated rings. The SMILES string of the molecule is O=C(c1ccccn1)c1ccnc2c(C(F)(F)F)cccc12. The number of nitrogens with zero attached hydrogens (tertiary/aromatic N) is 2. The van der Waals surface area contributed by atoms with E-state index in [0.717, 1.165) is 6.07 Å². The number of para-hydroxylation sites is 1. The molecular formula is C16H9F3N2O. The molecule has 0 aliphatic rings. The third kappa shape index (κ3) is 2.43. The van der Waals surface area contributed by atoms with Crippen molar-refractivity contribution in [2.24, 2.45) is 0 Å². The number of fused-ring (bicyclic) bond motifs is 1. The number of hydrogen-bond acceptors (Lipinski definition) is 3. The first kappa shape index (κ1) is 14.2. The zero-order chi connectivity index (χ0) is 15.7. The third-order valence-corrected chi connectivity index (χ3v) is 3.22. The number of carbonyl (C=O) groups is 1. The summed E-state index contributed by atoms with van der Waals surface area (Å²) < 4.78 is 39.1. The molecule has 0 atom stereocenters. The minimum Gasteiger partial charge on any atom is -0.287 e. The van der Waals surface area contributed by atoms with Gasteiger partial charge in [0.25, 0.3) is 0 Å². The van der Waals surface area contributed by atoms with Crippen LogP contribution in [0.1, 0.15) is 21.6 Å². The van der Waals surface area contributed by atoms with Crippen LogP contribution in [-0.2, 0) is 6.18 Å². The summed E-state index contributed by atoms with van der Waals surface area (Å²) >= 11 is 0. The largest absolute Gasteiger partial charge is 0.418 e. The molecule has 0 spiro atoms. The number of alkyl halides is 3. The number of carbonyl (C=O) groups excluding carboxylic acids is 1. The van der Waals surface area contributed by atoms with Crippen LogP contribution in [-0.4, -0.2) is 15.8 Å². The van der Waals surface area contributed by atoms with E-state index in [1.54, 1.807) is 12.1 Å². The van der Waals surface area contributed by atoms with Crippen molar-refractivity contribution in [3.05, 3.63) is 71.7 Å². The van der Waals surface area contributed by atoms with Crippen LogP contribution >= 0.6 is 0 Å². The fraction of sp³-hybridized carbons (Fsp3) is 0.0625. The molecule has 22 heavy (non-hydrogen) atoms. The van der Waals surface area contributed by atoms with Crippen LogP contribution in [0.3, 0.4) is 0 Å². The van der Waals surface area contributed by atoms with Crippen molar-refractivity contribution in [3.8, 4) is 0 Å². The Hall–Kier alpha value is -2.76. The van der Waals surface area contributed by atoms with Crippen molar-refractivity contribution in [1.29, 1.82) is 0 Å². The topological polar surface area (TPSA) is 42.9 Å². The summed E-state index contributed by atoms with van der Waals surface area (Å²) in [6, 6.07) is 9.88. The highest BCUT2D eigenvalue weighted by molar-refractivity contribution is 6.15. The minimum atomic E-state index is -4.53. The van der Waals surface area contributed by atoms with Gasteiger partial charge in [-0.25, -0.2) is 0 Å². The number of rotatable bonds is 2. The number of ketones is 1. The van der Waals surface area contributed by atoms with E-state index in [0.29, 0.717) is 0 Å². The van der Waals surface area contributed by atoms with Crippen LogP contribution in [0.15, 0.2) is 54.9 Å². The van der Waals surface area contributed by atoms with Crippen molar-refractivity contribution in [1.82, 2.24) is 9.97 Å². The molecule has 0 unspecified atom stereocenters. The van der Waals surface area contributed by atoms with Gasteiger partial charge in [0.15, 0.2) is 0 Å². The van der Waals surface area contributed by atoms with Crippen LogP contribution in [0.4, 0.5) is 13.2 Å². The maximum atomic E-state index is 13.0. The fourth-order valence-electron chi connectivity index (χ4n) is 2.24. The maximum Gasteiger partial charge on any atom is 0.418 e. The summed E-state index contributed by atoms with van der Waals surface area (Å²) in [5, 5.41) is 0.160. The molecule has 3 nitrogen and oxygen atoms in total. The zero-order valence-electron chi connectivity index (χ0n) is 11.1. The molecule has 0 saturated heterocycles. The Morgan fingerprint density at radius 3 is 2.41 bits per heavy atom. The van der Waals surface area contributed by atoms with Crippen LogP contribution in [0.25, 0.3) is 10.9 Å². The molecule has 0 aliphatic carbocycles. The van der Waals surface area contributed by atoms with Crippen molar-refractivity contribution in [3.63, 3.8) is 0 Å². The van der Waals surface area contributed by atoms with E-state index in [1.165, 1.54) is 36.7 Å². The van der Waals surface area contributed by atoms with Gasteiger partial charge in [0.1, 0.15) is 5.69 Å². The summed E-state index contributed by atoms with van der Waals surface area (Å²) in [5.74, 6) is -0.438. The van der Waals surface area contributed by atoms with E-state index in [1.807, 2.05) is 0 Å². The average molecular weight is 302 g/mol. The second-order valence-electron chi connectivity index (χ2n) is 4.60. The van der Waals surface area contributed by atoms with Gasteiger partial charge in [-0.2, -0.15) is 13.2 Å².